The molecule has 6 aromatic carbocycles. The van der Waals surface area contributed by atoms with Crippen molar-refractivity contribution in [1.29, 1.82) is 0 Å². The molecule has 6 N–H and O–H groups in total. The number of imidazole rings is 3. The lowest BCUT2D eigenvalue weighted by Gasteiger charge is -2.22. The third-order valence-corrected chi connectivity index (χ3v) is 19.1. The third-order valence-electron chi connectivity index (χ3n) is 19.1. The number of likely N-dealkylation sites (N-methyl/N-ethyl adjacent to an activating group) is 3. The molecule has 0 radical (unpaired) electrons. The molecular formula is C72H75F9N12O9. The Morgan fingerprint density at radius 2 is 0.667 bits per heavy atom. The number of nitrogens with one attached hydrogen (secondary N) is 3. The molecule has 6 amide bonds. The SMILES string of the molecule is CN1CCC(C)(c2ccc3c(c2)nc(NC(=O)c2cccc(C(F)(F)F)c2)n3CCCO)C1=O.CN1CCC(C)(c2ccc3c(c2)nc(NC(=O)c2cccc(C(F)(F)F)c2)n3CCCO)C1=O.CN1CCC(C)(c2ccc3c(c2)nc(NC(=O)c2cccc(C(F)(F)F)c2)n3CCCO)C1=O. The van der Waals surface area contributed by atoms with Gasteiger partial charge in [-0.2, -0.15) is 39.5 Å². The van der Waals surface area contributed by atoms with Crippen LogP contribution in [0.15, 0.2) is 127 Å². The van der Waals surface area contributed by atoms with E-state index in [0.717, 1.165) is 53.1 Å². The average molecular weight is 1420 g/mol. The minimum atomic E-state index is -4.57. The van der Waals surface area contributed by atoms with E-state index in [1.807, 2.05) is 75.4 Å². The first kappa shape index (κ1) is 74.5. The first-order valence-corrected chi connectivity index (χ1v) is 32.7. The number of fused-ring (bicyclic) bond motifs is 3. The van der Waals surface area contributed by atoms with Gasteiger partial charge in [0.25, 0.3) is 17.7 Å². The molecule has 3 saturated heterocycles. The topological polar surface area (TPSA) is 262 Å². The van der Waals surface area contributed by atoms with Crippen molar-refractivity contribution in [2.45, 2.75) is 114 Å². The van der Waals surface area contributed by atoms with Crippen LogP contribution >= 0.6 is 0 Å². The van der Waals surface area contributed by atoms with E-state index in [9.17, 15) is 83.6 Å². The predicted octanol–water partition coefficient (Wildman–Crippen LogP) is 11.4. The number of benzene rings is 6. The van der Waals surface area contributed by atoms with E-state index in [1.54, 1.807) is 49.5 Å². The van der Waals surface area contributed by atoms with Gasteiger partial charge in [-0.25, -0.2) is 15.0 Å². The summed E-state index contributed by atoms with van der Waals surface area (Å²) in [5.41, 5.74) is 0.819. The Balaban J connectivity index is 0.000000165. The minimum Gasteiger partial charge on any atom is -0.396 e. The lowest BCUT2D eigenvalue weighted by molar-refractivity contribution is -0.138. The monoisotopic (exact) mass is 1420 g/mol. The zero-order chi connectivity index (χ0) is 74.0. The number of aliphatic hydroxyl groups excluding tert-OH is 3. The first-order valence-electron chi connectivity index (χ1n) is 32.7. The fourth-order valence-corrected chi connectivity index (χ4v) is 13.0. The van der Waals surface area contributed by atoms with Gasteiger partial charge in [-0.15, -0.1) is 0 Å². The van der Waals surface area contributed by atoms with Crippen LogP contribution in [0.3, 0.4) is 0 Å². The van der Waals surface area contributed by atoms with Gasteiger partial charge >= 0.3 is 18.5 Å². The van der Waals surface area contributed by atoms with Crippen molar-refractivity contribution in [3.8, 4) is 0 Å². The van der Waals surface area contributed by atoms with Crippen molar-refractivity contribution in [3.63, 3.8) is 0 Å². The molecule has 0 spiro atoms. The van der Waals surface area contributed by atoms with Crippen LogP contribution in [0.5, 0.6) is 0 Å². The van der Waals surface area contributed by atoms with Crippen LogP contribution < -0.4 is 16.0 Å². The molecule has 3 aliphatic rings. The second kappa shape index (κ2) is 29.4. The molecule has 3 aliphatic heterocycles. The number of carbonyl (C=O) groups excluding carboxylic acids is 6. The summed E-state index contributed by atoms with van der Waals surface area (Å²) in [6.07, 6.45) is -10.5. The van der Waals surface area contributed by atoms with E-state index < -0.39 is 69.2 Å². The molecule has 3 unspecified atom stereocenters. The van der Waals surface area contributed by atoms with E-state index in [0.29, 0.717) is 111 Å². The highest BCUT2D eigenvalue weighted by Crippen LogP contribution is 2.41. The molecule has 30 heteroatoms. The van der Waals surface area contributed by atoms with Gasteiger partial charge in [0.15, 0.2) is 0 Å². The lowest BCUT2D eigenvalue weighted by Crippen LogP contribution is -2.33. The number of hydrogen-bond acceptors (Lipinski definition) is 12. The molecule has 9 aromatic rings. The van der Waals surface area contributed by atoms with Gasteiger partial charge < -0.3 is 43.7 Å². The number of nitrogens with zero attached hydrogens (tertiary/aromatic N) is 9. The smallest absolute Gasteiger partial charge is 0.396 e. The highest BCUT2D eigenvalue weighted by Gasteiger charge is 2.46. The van der Waals surface area contributed by atoms with Crippen molar-refractivity contribution in [2.75, 3.05) is 76.5 Å². The lowest BCUT2D eigenvalue weighted by atomic mass is 9.81. The molecule has 3 aromatic heterocycles. The largest absolute Gasteiger partial charge is 0.416 e. The van der Waals surface area contributed by atoms with E-state index in [1.165, 1.54) is 36.4 Å². The Labute approximate surface area is 578 Å². The number of carbonyl (C=O) groups is 6. The van der Waals surface area contributed by atoms with Crippen LogP contribution in [0.4, 0.5) is 57.4 Å². The molecule has 0 saturated carbocycles. The molecule has 540 valence electrons. The number of alkyl halides is 9. The van der Waals surface area contributed by atoms with Gasteiger partial charge in [-0.1, -0.05) is 36.4 Å². The van der Waals surface area contributed by atoms with Crippen molar-refractivity contribution < 1.29 is 83.6 Å². The zero-order valence-electron chi connectivity index (χ0n) is 56.4. The molecular weight excluding hydrogens is 1350 g/mol. The Morgan fingerprint density at radius 1 is 0.412 bits per heavy atom. The number of hydrogen-bond donors (Lipinski definition) is 6. The van der Waals surface area contributed by atoms with Crippen molar-refractivity contribution in [3.05, 3.63) is 177 Å². The van der Waals surface area contributed by atoms with E-state index in [2.05, 4.69) is 30.9 Å². The Morgan fingerprint density at radius 3 is 0.882 bits per heavy atom. The maximum absolute atomic E-state index is 13.1. The van der Waals surface area contributed by atoms with E-state index in [4.69, 9.17) is 0 Å². The van der Waals surface area contributed by atoms with Gasteiger partial charge in [-0.3, -0.25) is 44.7 Å². The predicted molar refractivity (Wildman–Crippen MR) is 361 cm³/mol. The number of amides is 6. The summed E-state index contributed by atoms with van der Waals surface area (Å²) in [4.78, 5) is 95.0. The molecule has 3 fully saturated rings. The van der Waals surface area contributed by atoms with Crippen LogP contribution in [0.25, 0.3) is 33.1 Å². The number of aliphatic hydroxyl groups is 3. The number of aryl methyl sites for hydroxylation is 3. The van der Waals surface area contributed by atoms with Crippen molar-refractivity contribution in [1.82, 2.24) is 43.4 Å². The number of likely N-dealkylation sites (tertiary alicyclic amines) is 3. The number of anilines is 3. The summed E-state index contributed by atoms with van der Waals surface area (Å²) < 4.78 is 123. The van der Waals surface area contributed by atoms with Crippen LogP contribution in [0, 0.1) is 0 Å². The summed E-state index contributed by atoms with van der Waals surface area (Å²) in [7, 11) is 5.28. The summed E-state index contributed by atoms with van der Waals surface area (Å²) in [5, 5.41) is 35.7. The minimum absolute atomic E-state index is 0.0182. The zero-order valence-corrected chi connectivity index (χ0v) is 56.4. The molecule has 6 heterocycles. The molecule has 102 heavy (non-hydrogen) atoms. The van der Waals surface area contributed by atoms with Gasteiger partial charge in [0.05, 0.1) is 66.0 Å². The Hall–Kier alpha value is -10.2. The van der Waals surface area contributed by atoms with Gasteiger partial charge in [0, 0.05) is 96.9 Å². The number of rotatable bonds is 18. The summed E-state index contributed by atoms with van der Waals surface area (Å²) in [6, 6.07) is 28.9. The van der Waals surface area contributed by atoms with Crippen LogP contribution in [0.1, 0.15) is 124 Å². The quantitative estimate of drug-likeness (QED) is 0.0438. The molecule has 12 rings (SSSR count). The Bertz CT molecular complexity index is 4220. The summed E-state index contributed by atoms with van der Waals surface area (Å²) >= 11 is 0. The van der Waals surface area contributed by atoms with E-state index in [-0.39, 0.29) is 72.1 Å². The highest BCUT2D eigenvalue weighted by atomic mass is 19.4. The fourth-order valence-electron chi connectivity index (χ4n) is 13.0. The molecule has 21 nitrogen and oxygen atoms in total. The first-order chi connectivity index (χ1) is 48.1. The second-order valence-electron chi connectivity index (χ2n) is 26.1. The third kappa shape index (κ3) is 15.3. The molecule has 0 bridgehead atoms. The summed E-state index contributed by atoms with van der Waals surface area (Å²) in [5.74, 6) is -1.67. The van der Waals surface area contributed by atoms with Crippen molar-refractivity contribution in [2.24, 2.45) is 0 Å². The maximum Gasteiger partial charge on any atom is 0.416 e. The van der Waals surface area contributed by atoms with Crippen LogP contribution in [-0.2, 0) is 68.8 Å². The Kier molecular flexibility index (Phi) is 21.5. The fraction of sp³-hybridized carbons (Fsp3) is 0.375. The maximum atomic E-state index is 13.1. The average Bonchev–Trinajstić information content (AvgIpc) is 1.62. The van der Waals surface area contributed by atoms with Crippen molar-refractivity contribution >= 4 is 86.4 Å². The van der Waals surface area contributed by atoms with Gasteiger partial charge in [-0.05, 0) is 167 Å². The number of halogens is 9. The second-order valence-corrected chi connectivity index (χ2v) is 26.1. The highest BCUT2D eigenvalue weighted by molar-refractivity contribution is 6.06. The van der Waals surface area contributed by atoms with Crippen LogP contribution in [0.2, 0.25) is 0 Å². The van der Waals surface area contributed by atoms with Gasteiger partial charge in [0.2, 0.25) is 35.6 Å². The van der Waals surface area contributed by atoms with Gasteiger partial charge in [0.1, 0.15) is 0 Å². The van der Waals surface area contributed by atoms with E-state index >= 15 is 0 Å². The standard InChI is InChI=1S/3C24H25F3N4O3/c3*1-23(9-11-30(2)21(23)34)16-7-8-19-18(14-16)28-22(31(19)10-4-12-32)29-20(33)15-5-3-6-17(13-15)24(25,26)27/h3*3,5-8,13-14,32H,4,9-12H2,1-2H3,(H,28,29,33). The number of aromatic nitrogens is 6. The molecule has 3 atom stereocenters. The normalized spacial score (nSPS) is 18.6. The molecule has 0 aliphatic carbocycles. The van der Waals surface area contributed by atoms with Crippen LogP contribution in [-0.4, -0.2) is 155 Å². The summed E-state index contributed by atoms with van der Waals surface area (Å²) in [6.45, 7) is 8.37.